The van der Waals surface area contributed by atoms with Gasteiger partial charge in [-0.3, -0.25) is 28.3 Å². The van der Waals surface area contributed by atoms with Gasteiger partial charge in [0.1, 0.15) is 30.0 Å². The molecule has 28 heteroatoms. The Hall–Kier alpha value is -5.56. The molecule has 2 aliphatic carbocycles. The molecule has 0 amide bonds. The van der Waals surface area contributed by atoms with E-state index in [1.807, 2.05) is 0 Å². The maximum Gasteiger partial charge on any atom is 1.00 e. The SMILES string of the molecule is Nc1ccc(Nc2cc(S(=O)(=O)[O-])c(N)c3c2C(=O)c2ccccc2C3=O)c(S(=O)(=O)O)c1.Nc1ccc(Nc2cc(S(=O)(=O)[O-])c(N)c3c2C(=O)c2ccccc2C3=O)c(S(=O)(=O)O)c1.[Na+].[Na+]. The normalized spacial score (nSPS) is 13.0. The van der Waals surface area contributed by atoms with Crippen molar-refractivity contribution in [2.75, 3.05) is 33.6 Å². The molecule has 68 heavy (non-hydrogen) atoms. The van der Waals surface area contributed by atoms with Gasteiger partial charge in [-0.25, -0.2) is 16.8 Å². The van der Waals surface area contributed by atoms with E-state index >= 15 is 0 Å². The van der Waals surface area contributed by atoms with Gasteiger partial charge in [0.05, 0.1) is 66.2 Å². The fraction of sp³-hybridized carbons (Fsp3) is 0. The minimum Gasteiger partial charge on any atom is -0.744 e. The van der Waals surface area contributed by atoms with Crippen LogP contribution in [-0.2, 0) is 40.5 Å². The third-order valence-electron chi connectivity index (χ3n) is 10.0. The molecule has 0 saturated carbocycles. The van der Waals surface area contributed by atoms with Crippen molar-refractivity contribution < 1.29 is 130 Å². The number of carbonyl (C=O) groups excluding carboxylic acids is 4. The largest absolute Gasteiger partial charge is 1.00 e. The molecule has 0 aliphatic heterocycles. The molecule has 0 saturated heterocycles. The van der Waals surface area contributed by atoms with Gasteiger partial charge >= 0.3 is 59.1 Å². The molecule has 12 N–H and O–H groups in total. The van der Waals surface area contributed by atoms with E-state index in [4.69, 9.17) is 22.9 Å². The third kappa shape index (κ3) is 9.96. The Balaban J connectivity index is 0.000000247. The summed E-state index contributed by atoms with van der Waals surface area (Å²) in [6, 6.07) is 19.6. The average molecular weight is 1020 g/mol. The van der Waals surface area contributed by atoms with E-state index in [0.29, 0.717) is 0 Å². The van der Waals surface area contributed by atoms with Crippen LogP contribution in [0.1, 0.15) is 63.7 Å². The fourth-order valence-corrected chi connectivity index (χ4v) is 9.83. The Morgan fingerprint density at radius 3 is 0.941 bits per heavy atom. The Morgan fingerprint density at radius 2 is 0.676 bits per heavy atom. The molecule has 0 spiro atoms. The van der Waals surface area contributed by atoms with Crippen LogP contribution in [0.5, 0.6) is 0 Å². The molecule has 0 heterocycles. The third-order valence-corrected chi connectivity index (χ3v) is 13.6. The Bertz CT molecular complexity index is 3440. The van der Waals surface area contributed by atoms with E-state index in [1.54, 1.807) is 0 Å². The number of carbonyl (C=O) groups is 4. The van der Waals surface area contributed by atoms with Crippen molar-refractivity contribution in [2.24, 2.45) is 0 Å². The number of fused-ring (bicyclic) bond motifs is 4. The summed E-state index contributed by atoms with van der Waals surface area (Å²) in [5.74, 6) is -3.02. The first-order valence-electron chi connectivity index (χ1n) is 18.1. The molecule has 340 valence electrons. The van der Waals surface area contributed by atoms with Gasteiger partial charge in [-0.2, -0.15) is 16.8 Å². The minimum atomic E-state index is -5.21. The van der Waals surface area contributed by atoms with Gasteiger partial charge in [-0.1, -0.05) is 48.5 Å². The number of nitrogen functional groups attached to an aromatic ring is 4. The van der Waals surface area contributed by atoms with Crippen molar-refractivity contribution in [1.82, 2.24) is 0 Å². The van der Waals surface area contributed by atoms with Crippen molar-refractivity contribution in [3.05, 3.63) is 142 Å². The standard InChI is InChI=1S/2C20H15N3O8S2.2Na/c2*21-9-5-6-12(14(7-9)32(26,27)28)23-13-8-15(33(29,30)31)18(22)17-16(13)19(24)10-3-1-2-4-11(10)20(17)25;;/h2*1-8,23H,21-22H2,(H,26,27,28)(H,29,30,31);;/q;;2*+1/p-2. The van der Waals surface area contributed by atoms with Gasteiger partial charge in [0.25, 0.3) is 20.2 Å². The van der Waals surface area contributed by atoms with E-state index in [1.165, 1.54) is 60.7 Å². The molecule has 0 aromatic heterocycles. The van der Waals surface area contributed by atoms with Crippen LogP contribution in [0.15, 0.2) is 117 Å². The van der Waals surface area contributed by atoms with Crippen molar-refractivity contribution in [3.63, 3.8) is 0 Å². The summed E-state index contributed by atoms with van der Waals surface area (Å²) in [4.78, 5) is 49.4. The summed E-state index contributed by atoms with van der Waals surface area (Å²) < 4.78 is 137. The number of hydrogen-bond acceptors (Lipinski definition) is 20. The van der Waals surface area contributed by atoms with Crippen molar-refractivity contribution in [2.45, 2.75) is 19.6 Å². The topological polar surface area (TPSA) is 420 Å². The van der Waals surface area contributed by atoms with Crippen LogP contribution < -0.4 is 92.7 Å². The number of anilines is 8. The van der Waals surface area contributed by atoms with Crippen LogP contribution in [0.25, 0.3) is 0 Å². The van der Waals surface area contributed by atoms with Gasteiger partial charge in [0.2, 0.25) is 0 Å². The van der Waals surface area contributed by atoms with E-state index in [2.05, 4.69) is 10.6 Å². The van der Waals surface area contributed by atoms with Gasteiger partial charge in [-0.05, 0) is 48.5 Å². The zero-order chi connectivity index (χ0) is 48.6. The molecule has 8 rings (SSSR count). The number of benzene rings is 6. The number of rotatable bonds is 8. The first-order chi connectivity index (χ1) is 30.6. The summed E-state index contributed by atoms with van der Waals surface area (Å²) in [5.41, 5.74) is 18.2. The number of nitrogens with one attached hydrogen (secondary N) is 2. The van der Waals surface area contributed by atoms with E-state index in [-0.39, 0.29) is 127 Å². The van der Waals surface area contributed by atoms with Crippen LogP contribution in [0, 0.1) is 0 Å². The number of hydrogen-bond donors (Lipinski definition) is 8. The molecule has 0 bridgehead atoms. The molecule has 22 nitrogen and oxygen atoms in total. The fourth-order valence-electron chi connectivity index (χ4n) is 7.20. The molecule has 0 radical (unpaired) electrons. The Labute approximate surface area is 430 Å². The quantitative estimate of drug-likeness (QED) is 0.0428. The monoisotopic (exact) mass is 1020 g/mol. The minimum absolute atomic E-state index is 0. The van der Waals surface area contributed by atoms with Crippen molar-refractivity contribution >= 4 is 109 Å². The maximum absolute atomic E-state index is 13.3. The van der Waals surface area contributed by atoms with Crippen molar-refractivity contribution in [3.8, 4) is 0 Å². The summed E-state index contributed by atoms with van der Waals surface area (Å²) in [6.07, 6.45) is 0. The predicted octanol–water partition coefficient (Wildman–Crippen LogP) is -2.95. The van der Waals surface area contributed by atoms with E-state index in [9.17, 15) is 71.1 Å². The predicted molar refractivity (Wildman–Crippen MR) is 232 cm³/mol. The number of nitrogens with two attached hydrogens (primary N) is 4. The maximum atomic E-state index is 13.3. The molecule has 6 aromatic carbocycles. The zero-order valence-corrected chi connectivity index (χ0v) is 42.1. The van der Waals surface area contributed by atoms with E-state index < -0.39 is 106 Å². The van der Waals surface area contributed by atoms with Crippen LogP contribution in [0.2, 0.25) is 0 Å². The van der Waals surface area contributed by atoms with Gasteiger partial charge < -0.3 is 42.7 Å². The molecule has 0 atom stereocenters. The second-order valence-corrected chi connectivity index (χ2v) is 19.7. The molecule has 0 fully saturated rings. The van der Waals surface area contributed by atoms with Crippen LogP contribution in [0.3, 0.4) is 0 Å². The first-order valence-corrected chi connectivity index (χ1v) is 23.8. The van der Waals surface area contributed by atoms with Crippen molar-refractivity contribution in [1.29, 1.82) is 0 Å². The summed E-state index contributed by atoms with van der Waals surface area (Å²) in [7, 11) is -20.1. The Kier molecular flexibility index (Phi) is 15.0. The molecule has 6 aromatic rings. The van der Waals surface area contributed by atoms with E-state index in [0.717, 1.165) is 36.4 Å². The molecular weight excluding hydrogens is 995 g/mol. The van der Waals surface area contributed by atoms with Gasteiger partial charge in [0.15, 0.2) is 23.1 Å². The molecular formula is C40H28N6Na2O16S4. The average Bonchev–Trinajstić information content (AvgIpc) is 3.22. The summed E-state index contributed by atoms with van der Waals surface area (Å²) >= 11 is 0. The molecule has 2 aliphatic rings. The van der Waals surface area contributed by atoms with Gasteiger partial charge in [0, 0.05) is 33.6 Å². The van der Waals surface area contributed by atoms with Crippen LogP contribution in [-0.4, -0.2) is 75.0 Å². The first kappa shape index (κ1) is 53.4. The van der Waals surface area contributed by atoms with Crippen LogP contribution in [0.4, 0.5) is 45.5 Å². The zero-order valence-electron chi connectivity index (χ0n) is 34.8. The van der Waals surface area contributed by atoms with Crippen LogP contribution >= 0.6 is 0 Å². The number of ketones is 4. The molecule has 0 unspecified atom stereocenters. The second-order valence-electron chi connectivity index (χ2n) is 14.2. The van der Waals surface area contributed by atoms with Gasteiger partial charge in [-0.15, -0.1) is 0 Å². The summed E-state index contributed by atoms with van der Waals surface area (Å²) in [6.45, 7) is 0. The summed E-state index contributed by atoms with van der Waals surface area (Å²) in [5, 5.41) is 5.06. The smallest absolute Gasteiger partial charge is 0.744 e. The Morgan fingerprint density at radius 1 is 0.397 bits per heavy atom. The second kappa shape index (κ2) is 19.1.